The van der Waals surface area contributed by atoms with E-state index in [1.54, 1.807) is 11.8 Å². The quantitative estimate of drug-likeness (QED) is 0.827. The highest BCUT2D eigenvalue weighted by Gasteiger charge is 2.05. The minimum absolute atomic E-state index is 0.107. The summed E-state index contributed by atoms with van der Waals surface area (Å²) in [5.74, 6) is 0. The zero-order valence-corrected chi connectivity index (χ0v) is 10.9. The number of aliphatic hydroxyl groups excluding tert-OH is 1. The third kappa shape index (κ3) is 2.54. The monoisotopic (exact) mass is 244 g/mol. The van der Waals surface area contributed by atoms with Crippen molar-refractivity contribution < 1.29 is 5.11 Å². The lowest BCUT2D eigenvalue weighted by Gasteiger charge is -2.10. The van der Waals surface area contributed by atoms with Crippen molar-refractivity contribution in [2.24, 2.45) is 0 Å². The molecular weight excluding hydrogens is 228 g/mol. The van der Waals surface area contributed by atoms with E-state index in [-0.39, 0.29) is 6.61 Å². The maximum absolute atomic E-state index is 9.18. The summed E-state index contributed by atoms with van der Waals surface area (Å²) in [4.78, 5) is 1.28. The van der Waals surface area contributed by atoms with Crippen LogP contribution in [-0.4, -0.2) is 11.4 Å². The predicted octanol–water partition coefficient (Wildman–Crippen LogP) is 3.88. The Labute approximate surface area is 107 Å². The minimum Gasteiger partial charge on any atom is -0.392 e. The van der Waals surface area contributed by atoms with E-state index in [9.17, 15) is 5.11 Å². The molecule has 0 aliphatic rings. The Kier molecular flexibility index (Phi) is 3.87. The van der Waals surface area contributed by atoms with Gasteiger partial charge in [-0.3, -0.25) is 0 Å². The fourth-order valence-corrected chi connectivity index (χ4v) is 2.54. The van der Waals surface area contributed by atoms with Gasteiger partial charge < -0.3 is 5.11 Å². The van der Waals surface area contributed by atoms with Crippen molar-refractivity contribution in [3.63, 3.8) is 0 Å². The molecule has 0 unspecified atom stereocenters. The van der Waals surface area contributed by atoms with Crippen LogP contribution in [0, 0.1) is 6.92 Å². The van der Waals surface area contributed by atoms with E-state index < -0.39 is 0 Å². The smallest absolute Gasteiger partial charge is 0.0684 e. The first-order valence-electron chi connectivity index (χ1n) is 5.60. The van der Waals surface area contributed by atoms with Crippen molar-refractivity contribution in [3.05, 3.63) is 53.6 Å². The second-order valence-electron chi connectivity index (χ2n) is 4.00. The summed E-state index contributed by atoms with van der Waals surface area (Å²) in [6.07, 6.45) is 2.09. The molecule has 0 aromatic heterocycles. The highest BCUT2D eigenvalue weighted by Crippen LogP contribution is 2.30. The van der Waals surface area contributed by atoms with Gasteiger partial charge in [-0.1, -0.05) is 36.4 Å². The standard InChI is InChI=1S/C15H16OS/c1-11-9-12(7-8-13(11)10-16)14-5-3-4-6-15(14)17-2/h3-9,16H,10H2,1-2H3. The van der Waals surface area contributed by atoms with E-state index >= 15 is 0 Å². The molecule has 0 saturated heterocycles. The number of rotatable bonds is 3. The van der Waals surface area contributed by atoms with Crippen LogP contribution in [0.25, 0.3) is 11.1 Å². The summed E-state index contributed by atoms with van der Waals surface area (Å²) in [5.41, 5.74) is 4.61. The molecule has 0 fully saturated rings. The van der Waals surface area contributed by atoms with Crippen molar-refractivity contribution in [2.45, 2.75) is 18.4 Å². The number of hydrogen-bond acceptors (Lipinski definition) is 2. The summed E-state index contributed by atoms with van der Waals surface area (Å²) in [6, 6.07) is 14.6. The highest BCUT2D eigenvalue weighted by atomic mass is 32.2. The topological polar surface area (TPSA) is 20.2 Å². The third-order valence-electron chi connectivity index (χ3n) is 2.93. The maximum atomic E-state index is 9.18. The Bertz CT molecular complexity index is 520. The van der Waals surface area contributed by atoms with E-state index in [0.717, 1.165) is 11.1 Å². The van der Waals surface area contributed by atoms with Crippen LogP contribution in [0.3, 0.4) is 0 Å². The molecule has 1 N–H and O–H groups in total. The summed E-state index contributed by atoms with van der Waals surface area (Å²) in [5, 5.41) is 9.18. The van der Waals surface area contributed by atoms with E-state index in [4.69, 9.17) is 0 Å². The van der Waals surface area contributed by atoms with Crippen molar-refractivity contribution in [3.8, 4) is 11.1 Å². The lowest BCUT2D eigenvalue weighted by molar-refractivity contribution is 0.281. The van der Waals surface area contributed by atoms with Crippen LogP contribution in [-0.2, 0) is 6.61 Å². The van der Waals surface area contributed by atoms with Gasteiger partial charge >= 0.3 is 0 Å². The average Bonchev–Trinajstić information content (AvgIpc) is 2.38. The van der Waals surface area contributed by atoms with Crippen molar-refractivity contribution in [1.29, 1.82) is 0 Å². The molecule has 17 heavy (non-hydrogen) atoms. The Morgan fingerprint density at radius 1 is 1.12 bits per heavy atom. The molecule has 0 radical (unpaired) electrons. The van der Waals surface area contributed by atoms with Gasteiger partial charge in [0.2, 0.25) is 0 Å². The van der Waals surface area contributed by atoms with Crippen LogP contribution in [0.4, 0.5) is 0 Å². The molecule has 1 nitrogen and oxygen atoms in total. The fourth-order valence-electron chi connectivity index (χ4n) is 1.92. The minimum atomic E-state index is 0.107. The number of aryl methyl sites for hydroxylation is 1. The molecule has 0 bridgehead atoms. The molecule has 2 heteroatoms. The zero-order valence-electron chi connectivity index (χ0n) is 10.1. The first-order valence-corrected chi connectivity index (χ1v) is 6.82. The van der Waals surface area contributed by atoms with Crippen molar-refractivity contribution in [1.82, 2.24) is 0 Å². The molecule has 2 aromatic carbocycles. The van der Waals surface area contributed by atoms with Crippen LogP contribution < -0.4 is 0 Å². The maximum Gasteiger partial charge on any atom is 0.0684 e. The number of hydrogen-bond donors (Lipinski definition) is 1. The van der Waals surface area contributed by atoms with Gasteiger partial charge in [0, 0.05) is 4.90 Å². The molecule has 0 spiro atoms. The van der Waals surface area contributed by atoms with Crippen molar-refractivity contribution >= 4 is 11.8 Å². The Hall–Kier alpha value is -1.25. The second-order valence-corrected chi connectivity index (χ2v) is 4.85. The first kappa shape index (κ1) is 12.2. The lowest BCUT2D eigenvalue weighted by Crippen LogP contribution is -1.90. The van der Waals surface area contributed by atoms with Crippen LogP contribution >= 0.6 is 11.8 Å². The van der Waals surface area contributed by atoms with Gasteiger partial charge in [0.15, 0.2) is 0 Å². The average molecular weight is 244 g/mol. The Balaban J connectivity index is 2.49. The third-order valence-corrected chi connectivity index (χ3v) is 3.73. The summed E-state index contributed by atoms with van der Waals surface area (Å²) in [6.45, 7) is 2.15. The molecule has 0 saturated carbocycles. The normalized spacial score (nSPS) is 10.5. The summed E-state index contributed by atoms with van der Waals surface area (Å²) >= 11 is 1.76. The number of thioether (sulfide) groups is 1. The van der Waals surface area contributed by atoms with E-state index in [1.165, 1.54) is 16.0 Å². The van der Waals surface area contributed by atoms with Crippen LogP contribution in [0.5, 0.6) is 0 Å². The summed E-state index contributed by atoms with van der Waals surface area (Å²) in [7, 11) is 0. The van der Waals surface area contributed by atoms with Gasteiger partial charge in [0.1, 0.15) is 0 Å². The molecule has 2 rings (SSSR count). The Morgan fingerprint density at radius 3 is 2.53 bits per heavy atom. The molecular formula is C15H16OS. The van der Waals surface area contributed by atoms with Gasteiger partial charge in [-0.25, -0.2) is 0 Å². The SMILES string of the molecule is CSc1ccccc1-c1ccc(CO)c(C)c1. The molecule has 0 aliphatic heterocycles. The first-order chi connectivity index (χ1) is 8.26. The van der Waals surface area contributed by atoms with E-state index in [2.05, 4.69) is 42.7 Å². The second kappa shape index (κ2) is 5.39. The largest absolute Gasteiger partial charge is 0.392 e. The molecule has 0 atom stereocenters. The van der Waals surface area contributed by atoms with Crippen molar-refractivity contribution in [2.75, 3.05) is 6.26 Å². The van der Waals surface area contributed by atoms with Crippen LogP contribution in [0.1, 0.15) is 11.1 Å². The Morgan fingerprint density at radius 2 is 1.88 bits per heavy atom. The summed E-state index contributed by atoms with van der Waals surface area (Å²) < 4.78 is 0. The van der Waals surface area contributed by atoms with Gasteiger partial charge in [-0.2, -0.15) is 0 Å². The number of benzene rings is 2. The number of aliphatic hydroxyl groups is 1. The molecule has 0 heterocycles. The van der Waals surface area contributed by atoms with E-state index in [0.29, 0.717) is 0 Å². The van der Waals surface area contributed by atoms with Gasteiger partial charge in [-0.15, -0.1) is 11.8 Å². The molecule has 88 valence electrons. The van der Waals surface area contributed by atoms with Gasteiger partial charge in [0.25, 0.3) is 0 Å². The highest BCUT2D eigenvalue weighted by molar-refractivity contribution is 7.98. The van der Waals surface area contributed by atoms with E-state index in [1.807, 2.05) is 13.0 Å². The van der Waals surface area contributed by atoms with Crippen LogP contribution in [0.2, 0.25) is 0 Å². The molecule has 0 aliphatic carbocycles. The predicted molar refractivity (Wildman–Crippen MR) is 74.3 cm³/mol. The van der Waals surface area contributed by atoms with Gasteiger partial charge in [0.05, 0.1) is 6.61 Å². The zero-order chi connectivity index (χ0) is 12.3. The fraction of sp³-hybridized carbons (Fsp3) is 0.200. The van der Waals surface area contributed by atoms with Crippen LogP contribution in [0.15, 0.2) is 47.4 Å². The molecule has 2 aromatic rings. The van der Waals surface area contributed by atoms with Gasteiger partial charge in [-0.05, 0) is 41.5 Å². The lowest BCUT2D eigenvalue weighted by atomic mass is 10.0. The molecule has 0 amide bonds.